The van der Waals surface area contributed by atoms with Crippen molar-refractivity contribution in [3.8, 4) is 0 Å². The SMILES string of the molecule is CSCCC1CN(CCSCCNC(=O)OC(C)(C)C)C(CCSC)CN1CCSCCNC(=O)OC(C)(C)C. The second-order valence-electron chi connectivity index (χ2n) is 11.9. The van der Waals surface area contributed by atoms with Crippen molar-refractivity contribution in [2.75, 3.05) is 86.3 Å². The molecule has 2 atom stereocenters. The Labute approximate surface area is 261 Å². The fourth-order valence-corrected chi connectivity index (χ4v) is 6.96. The van der Waals surface area contributed by atoms with Gasteiger partial charge < -0.3 is 20.1 Å². The molecule has 0 radical (unpaired) electrons. The van der Waals surface area contributed by atoms with Crippen LogP contribution in [0.1, 0.15) is 54.4 Å². The van der Waals surface area contributed by atoms with Crippen LogP contribution < -0.4 is 10.6 Å². The van der Waals surface area contributed by atoms with Crippen molar-refractivity contribution in [1.29, 1.82) is 0 Å². The normalized spacial score (nSPS) is 18.9. The van der Waals surface area contributed by atoms with Crippen molar-refractivity contribution >= 4 is 59.2 Å². The Morgan fingerprint density at radius 3 is 1.38 bits per heavy atom. The molecule has 1 aliphatic rings. The highest BCUT2D eigenvalue weighted by Gasteiger charge is 2.32. The van der Waals surface area contributed by atoms with E-state index in [0.29, 0.717) is 25.2 Å². The number of alkyl carbamates (subject to hydrolysis) is 2. The molecule has 1 heterocycles. The molecule has 0 bridgehead atoms. The standard InChI is InChI=1S/C28H56N4O4S4/c1-27(2,3)35-25(33)29-11-17-39-19-13-31-21-24(10-16-38-8)32(22-23(31)9-15-37-7)14-20-40-18-12-30-26(34)36-28(4,5)6/h23-24H,9-22H2,1-8H3,(H,29,33)(H,30,34). The maximum Gasteiger partial charge on any atom is 0.407 e. The van der Waals surface area contributed by atoms with Gasteiger partial charge in [-0.15, -0.1) is 0 Å². The molecule has 236 valence electrons. The largest absolute Gasteiger partial charge is 0.444 e. The molecule has 2 amide bonds. The van der Waals surface area contributed by atoms with Crippen molar-refractivity contribution < 1.29 is 19.1 Å². The minimum Gasteiger partial charge on any atom is -0.444 e. The third-order valence-corrected chi connectivity index (χ3v) is 9.32. The number of carbonyl (C=O) groups excluding carboxylic acids is 2. The lowest BCUT2D eigenvalue weighted by molar-refractivity contribution is 0.0337. The molecule has 12 heteroatoms. The number of ether oxygens (including phenoxy) is 2. The molecule has 0 aromatic heterocycles. The van der Waals surface area contributed by atoms with Gasteiger partial charge in [0.2, 0.25) is 0 Å². The average molecular weight is 641 g/mol. The van der Waals surface area contributed by atoms with Gasteiger partial charge in [-0.3, -0.25) is 9.80 Å². The molecule has 1 aliphatic heterocycles. The van der Waals surface area contributed by atoms with E-state index in [1.807, 2.05) is 88.6 Å². The van der Waals surface area contributed by atoms with E-state index in [1.165, 1.54) is 24.3 Å². The maximum absolute atomic E-state index is 11.9. The predicted octanol–water partition coefficient (Wildman–Crippen LogP) is 5.36. The Balaban J connectivity index is 2.49. The zero-order valence-corrected chi connectivity index (χ0v) is 29.5. The van der Waals surface area contributed by atoms with E-state index in [9.17, 15) is 9.59 Å². The molecule has 8 nitrogen and oxygen atoms in total. The van der Waals surface area contributed by atoms with Crippen LogP contribution in [0.25, 0.3) is 0 Å². The highest BCUT2D eigenvalue weighted by Crippen LogP contribution is 2.23. The molecule has 0 spiro atoms. The van der Waals surface area contributed by atoms with Crippen molar-refractivity contribution in [1.82, 2.24) is 20.4 Å². The van der Waals surface area contributed by atoms with Gasteiger partial charge in [-0.25, -0.2) is 9.59 Å². The van der Waals surface area contributed by atoms with E-state index >= 15 is 0 Å². The Hall–Kier alpha value is -0.140. The van der Waals surface area contributed by atoms with Crippen molar-refractivity contribution in [3.05, 3.63) is 0 Å². The first-order valence-corrected chi connectivity index (χ1v) is 19.5. The Kier molecular flexibility index (Phi) is 19.6. The molecule has 2 N–H and O–H groups in total. The first-order valence-electron chi connectivity index (χ1n) is 14.4. The molecule has 1 saturated heterocycles. The molecule has 2 unspecified atom stereocenters. The van der Waals surface area contributed by atoms with Crippen LogP contribution in [-0.2, 0) is 9.47 Å². The lowest BCUT2D eigenvalue weighted by Gasteiger charge is -2.47. The lowest BCUT2D eigenvalue weighted by atomic mass is 10.0. The number of hydrogen-bond donors (Lipinski definition) is 2. The van der Waals surface area contributed by atoms with E-state index in [2.05, 4.69) is 32.9 Å². The Morgan fingerprint density at radius 1 is 0.675 bits per heavy atom. The number of amides is 2. The second kappa shape index (κ2) is 20.7. The predicted molar refractivity (Wildman–Crippen MR) is 180 cm³/mol. The third-order valence-electron chi connectivity index (χ3n) is 6.11. The smallest absolute Gasteiger partial charge is 0.407 e. The zero-order chi connectivity index (χ0) is 30.0. The first kappa shape index (κ1) is 37.9. The van der Waals surface area contributed by atoms with Crippen molar-refractivity contribution in [2.24, 2.45) is 0 Å². The number of piperazine rings is 1. The summed E-state index contributed by atoms with van der Waals surface area (Å²) in [6, 6.07) is 1.16. The highest BCUT2D eigenvalue weighted by atomic mass is 32.2. The van der Waals surface area contributed by atoms with Gasteiger partial charge in [-0.1, -0.05) is 0 Å². The summed E-state index contributed by atoms with van der Waals surface area (Å²) in [6.07, 6.45) is 6.14. The van der Waals surface area contributed by atoms with Gasteiger partial charge >= 0.3 is 12.2 Å². The van der Waals surface area contributed by atoms with Crippen LogP contribution in [0.4, 0.5) is 9.59 Å². The van der Waals surface area contributed by atoms with Crippen LogP contribution in [-0.4, -0.2) is 132 Å². The van der Waals surface area contributed by atoms with Crippen LogP contribution in [0.3, 0.4) is 0 Å². The molecule has 0 aromatic rings. The fourth-order valence-electron chi connectivity index (χ4n) is 4.32. The van der Waals surface area contributed by atoms with Crippen LogP contribution in [0.2, 0.25) is 0 Å². The van der Waals surface area contributed by atoms with Gasteiger partial charge in [-0.05, 0) is 78.4 Å². The van der Waals surface area contributed by atoms with Crippen molar-refractivity contribution in [3.63, 3.8) is 0 Å². The number of rotatable bonds is 18. The van der Waals surface area contributed by atoms with Crippen LogP contribution in [0.5, 0.6) is 0 Å². The zero-order valence-electron chi connectivity index (χ0n) is 26.2. The first-order chi connectivity index (χ1) is 18.8. The topological polar surface area (TPSA) is 83.1 Å². The molecular weight excluding hydrogens is 585 g/mol. The van der Waals surface area contributed by atoms with Gasteiger partial charge in [0.25, 0.3) is 0 Å². The number of carbonyl (C=O) groups is 2. The molecule has 0 saturated carbocycles. The summed E-state index contributed by atoms with van der Waals surface area (Å²) in [4.78, 5) is 29.2. The molecule has 1 rings (SSSR count). The fraction of sp³-hybridized carbons (Fsp3) is 0.929. The molecule has 40 heavy (non-hydrogen) atoms. The quantitative estimate of drug-likeness (QED) is 0.191. The van der Waals surface area contributed by atoms with Crippen LogP contribution >= 0.6 is 47.0 Å². The van der Waals surface area contributed by atoms with E-state index < -0.39 is 11.2 Å². The van der Waals surface area contributed by atoms with Crippen LogP contribution in [0, 0.1) is 0 Å². The summed E-state index contributed by atoms with van der Waals surface area (Å²) >= 11 is 7.67. The van der Waals surface area contributed by atoms with Gasteiger partial charge in [-0.2, -0.15) is 47.0 Å². The maximum atomic E-state index is 11.9. The van der Waals surface area contributed by atoms with Crippen LogP contribution in [0.15, 0.2) is 0 Å². The second-order valence-corrected chi connectivity index (χ2v) is 16.4. The number of nitrogens with zero attached hydrogens (tertiary/aromatic N) is 2. The van der Waals surface area contributed by atoms with Gasteiger partial charge in [0.1, 0.15) is 11.2 Å². The monoisotopic (exact) mass is 640 g/mol. The Morgan fingerprint density at radius 2 is 1.05 bits per heavy atom. The van der Waals surface area contributed by atoms with Crippen molar-refractivity contribution in [2.45, 2.75) is 77.7 Å². The third kappa shape index (κ3) is 19.1. The molecule has 1 fully saturated rings. The summed E-state index contributed by atoms with van der Waals surface area (Å²) in [5.41, 5.74) is -0.925. The van der Waals surface area contributed by atoms with Gasteiger partial charge in [0, 0.05) is 74.4 Å². The van der Waals surface area contributed by atoms with E-state index in [-0.39, 0.29) is 12.2 Å². The highest BCUT2D eigenvalue weighted by molar-refractivity contribution is 7.99. The number of hydrogen-bond acceptors (Lipinski definition) is 10. The number of nitrogens with one attached hydrogen (secondary N) is 2. The van der Waals surface area contributed by atoms with Gasteiger partial charge in [0.05, 0.1) is 0 Å². The summed E-state index contributed by atoms with van der Waals surface area (Å²) in [7, 11) is 0. The summed E-state index contributed by atoms with van der Waals surface area (Å²) in [5, 5.41) is 5.72. The number of thioether (sulfide) groups is 4. The minimum atomic E-state index is -0.463. The Bertz CT molecular complexity index is 649. The summed E-state index contributed by atoms with van der Waals surface area (Å²) in [5.74, 6) is 6.29. The summed E-state index contributed by atoms with van der Waals surface area (Å²) < 4.78 is 10.6. The summed E-state index contributed by atoms with van der Waals surface area (Å²) in [6.45, 7) is 17.0. The van der Waals surface area contributed by atoms with E-state index in [0.717, 1.165) is 49.2 Å². The molecular formula is C28H56N4O4S4. The van der Waals surface area contributed by atoms with Gasteiger partial charge in [0.15, 0.2) is 0 Å². The molecule has 0 aromatic carbocycles. The minimum absolute atomic E-state index is 0.338. The molecule has 0 aliphatic carbocycles. The lowest BCUT2D eigenvalue weighted by Crippen LogP contribution is -2.59. The van der Waals surface area contributed by atoms with E-state index in [1.54, 1.807) is 0 Å². The van der Waals surface area contributed by atoms with E-state index in [4.69, 9.17) is 9.47 Å². The average Bonchev–Trinajstić information content (AvgIpc) is 2.84.